The Morgan fingerprint density at radius 3 is 2.00 bits per heavy atom. The van der Waals surface area contributed by atoms with Crippen molar-refractivity contribution in [1.29, 1.82) is 0 Å². The second kappa shape index (κ2) is 6.33. The van der Waals surface area contributed by atoms with Gasteiger partial charge in [-0.2, -0.15) is 0 Å². The standard InChI is InChI=1S/C16H16ClF2N/c1-10(12-6-8-13(17)9-7-12)20-11(2)16-14(18)4-3-5-15(16)19/h3-11,20H,1-2H3/t10-,11?/m1/s1. The highest BCUT2D eigenvalue weighted by Gasteiger charge is 2.18. The molecule has 2 atom stereocenters. The summed E-state index contributed by atoms with van der Waals surface area (Å²) in [5.74, 6) is -1.07. The maximum atomic E-state index is 13.7. The molecule has 2 aromatic rings. The third-order valence-electron chi connectivity index (χ3n) is 3.30. The van der Waals surface area contributed by atoms with Gasteiger partial charge in [0.2, 0.25) is 0 Å². The highest BCUT2D eigenvalue weighted by molar-refractivity contribution is 6.30. The van der Waals surface area contributed by atoms with Gasteiger partial charge < -0.3 is 5.32 Å². The molecule has 0 spiro atoms. The first-order valence-electron chi connectivity index (χ1n) is 6.44. The predicted octanol–water partition coefficient (Wildman–Crippen LogP) is 5.03. The third-order valence-corrected chi connectivity index (χ3v) is 3.55. The van der Waals surface area contributed by atoms with Crippen LogP contribution in [-0.4, -0.2) is 0 Å². The second-order valence-electron chi connectivity index (χ2n) is 4.80. The Morgan fingerprint density at radius 2 is 1.45 bits per heavy atom. The SMILES string of the molecule is CC(N[C@H](C)c1ccc(Cl)cc1)c1c(F)cccc1F. The van der Waals surface area contributed by atoms with Crippen LogP contribution < -0.4 is 5.32 Å². The minimum Gasteiger partial charge on any atom is -0.303 e. The molecular weight excluding hydrogens is 280 g/mol. The third kappa shape index (κ3) is 3.35. The first-order chi connectivity index (χ1) is 9.49. The monoisotopic (exact) mass is 295 g/mol. The van der Waals surface area contributed by atoms with Crippen molar-refractivity contribution in [3.05, 3.63) is 70.2 Å². The molecule has 0 bridgehead atoms. The van der Waals surface area contributed by atoms with Crippen LogP contribution in [0, 0.1) is 11.6 Å². The average molecular weight is 296 g/mol. The van der Waals surface area contributed by atoms with Crippen LogP contribution in [0.15, 0.2) is 42.5 Å². The van der Waals surface area contributed by atoms with Crippen LogP contribution >= 0.6 is 11.6 Å². The van der Waals surface area contributed by atoms with Crippen molar-refractivity contribution >= 4 is 11.6 Å². The highest BCUT2D eigenvalue weighted by atomic mass is 35.5. The van der Waals surface area contributed by atoms with Crippen molar-refractivity contribution in [3.63, 3.8) is 0 Å². The molecule has 2 aromatic carbocycles. The summed E-state index contributed by atoms with van der Waals surface area (Å²) in [7, 11) is 0. The van der Waals surface area contributed by atoms with Gasteiger partial charge in [-0.25, -0.2) is 8.78 Å². The zero-order valence-electron chi connectivity index (χ0n) is 11.3. The van der Waals surface area contributed by atoms with Gasteiger partial charge in [0, 0.05) is 22.7 Å². The molecule has 0 aliphatic heterocycles. The van der Waals surface area contributed by atoms with Crippen molar-refractivity contribution in [2.24, 2.45) is 0 Å². The van der Waals surface area contributed by atoms with Gasteiger partial charge in [0.15, 0.2) is 0 Å². The smallest absolute Gasteiger partial charge is 0.130 e. The van der Waals surface area contributed by atoms with E-state index >= 15 is 0 Å². The molecule has 0 aromatic heterocycles. The molecule has 2 rings (SSSR count). The van der Waals surface area contributed by atoms with E-state index in [0.29, 0.717) is 5.02 Å². The van der Waals surface area contributed by atoms with Crippen LogP contribution in [-0.2, 0) is 0 Å². The lowest BCUT2D eigenvalue weighted by molar-refractivity contribution is 0.450. The molecule has 0 aliphatic carbocycles. The molecule has 0 amide bonds. The molecule has 1 nitrogen and oxygen atoms in total. The van der Waals surface area contributed by atoms with E-state index in [1.165, 1.54) is 18.2 Å². The largest absolute Gasteiger partial charge is 0.303 e. The van der Waals surface area contributed by atoms with Crippen LogP contribution in [0.1, 0.15) is 37.1 Å². The van der Waals surface area contributed by atoms with E-state index in [9.17, 15) is 8.78 Å². The van der Waals surface area contributed by atoms with Gasteiger partial charge in [0.1, 0.15) is 11.6 Å². The number of halogens is 3. The van der Waals surface area contributed by atoms with Gasteiger partial charge in [0.25, 0.3) is 0 Å². The second-order valence-corrected chi connectivity index (χ2v) is 5.23. The van der Waals surface area contributed by atoms with E-state index in [1.807, 2.05) is 19.1 Å². The summed E-state index contributed by atoms with van der Waals surface area (Å²) < 4.78 is 27.4. The summed E-state index contributed by atoms with van der Waals surface area (Å²) >= 11 is 5.84. The summed E-state index contributed by atoms with van der Waals surface area (Å²) in [6.45, 7) is 3.69. The topological polar surface area (TPSA) is 12.0 Å². The van der Waals surface area contributed by atoms with E-state index in [4.69, 9.17) is 11.6 Å². The number of benzene rings is 2. The number of hydrogen-bond donors (Lipinski definition) is 1. The number of hydrogen-bond acceptors (Lipinski definition) is 1. The summed E-state index contributed by atoms with van der Waals surface area (Å²) in [5, 5.41) is 3.85. The van der Waals surface area contributed by atoms with Crippen molar-refractivity contribution in [2.75, 3.05) is 0 Å². The van der Waals surface area contributed by atoms with Crippen LogP contribution in [0.3, 0.4) is 0 Å². The van der Waals surface area contributed by atoms with Gasteiger partial charge in [-0.15, -0.1) is 0 Å². The average Bonchev–Trinajstić information content (AvgIpc) is 2.39. The lowest BCUT2D eigenvalue weighted by Gasteiger charge is -2.21. The normalized spacial score (nSPS) is 14.1. The minimum absolute atomic E-state index is 0.0405. The maximum Gasteiger partial charge on any atom is 0.130 e. The molecule has 1 unspecified atom stereocenters. The lowest BCUT2D eigenvalue weighted by atomic mass is 10.0. The summed E-state index contributed by atoms with van der Waals surface area (Å²) in [4.78, 5) is 0. The Balaban J connectivity index is 2.15. The molecule has 1 N–H and O–H groups in total. The number of nitrogens with one attached hydrogen (secondary N) is 1. The van der Waals surface area contributed by atoms with E-state index in [2.05, 4.69) is 5.32 Å². The Morgan fingerprint density at radius 1 is 0.900 bits per heavy atom. The summed E-state index contributed by atoms with van der Waals surface area (Å²) in [5.41, 5.74) is 1.08. The van der Waals surface area contributed by atoms with Gasteiger partial charge >= 0.3 is 0 Å². The van der Waals surface area contributed by atoms with E-state index in [-0.39, 0.29) is 11.6 Å². The van der Waals surface area contributed by atoms with Crippen molar-refractivity contribution in [1.82, 2.24) is 5.32 Å². The van der Waals surface area contributed by atoms with E-state index < -0.39 is 17.7 Å². The zero-order valence-corrected chi connectivity index (χ0v) is 12.1. The van der Waals surface area contributed by atoms with Gasteiger partial charge in [-0.05, 0) is 43.7 Å². The molecular formula is C16H16ClF2N. The molecule has 0 radical (unpaired) electrons. The molecule has 0 fully saturated rings. The molecule has 0 saturated carbocycles. The van der Waals surface area contributed by atoms with Gasteiger partial charge in [0.05, 0.1) is 0 Å². The van der Waals surface area contributed by atoms with E-state index in [0.717, 1.165) is 5.56 Å². The molecule has 20 heavy (non-hydrogen) atoms. The van der Waals surface area contributed by atoms with Crippen LogP contribution in [0.25, 0.3) is 0 Å². The Hall–Kier alpha value is -1.45. The maximum absolute atomic E-state index is 13.7. The number of rotatable bonds is 4. The van der Waals surface area contributed by atoms with E-state index in [1.54, 1.807) is 19.1 Å². The first kappa shape index (κ1) is 14.9. The van der Waals surface area contributed by atoms with Crippen molar-refractivity contribution < 1.29 is 8.78 Å². The quantitative estimate of drug-likeness (QED) is 0.834. The zero-order chi connectivity index (χ0) is 14.7. The van der Waals surface area contributed by atoms with Crippen molar-refractivity contribution in [3.8, 4) is 0 Å². The van der Waals surface area contributed by atoms with Crippen LogP contribution in [0.4, 0.5) is 8.78 Å². The molecule has 0 aliphatic rings. The van der Waals surface area contributed by atoms with Gasteiger partial charge in [-0.1, -0.05) is 29.8 Å². The van der Waals surface area contributed by atoms with Gasteiger partial charge in [-0.3, -0.25) is 0 Å². The van der Waals surface area contributed by atoms with Crippen LogP contribution in [0.5, 0.6) is 0 Å². The predicted molar refractivity (Wildman–Crippen MR) is 77.8 cm³/mol. The Kier molecular flexibility index (Phi) is 4.73. The molecule has 0 saturated heterocycles. The fraction of sp³-hybridized carbons (Fsp3) is 0.250. The molecule has 106 valence electrons. The highest BCUT2D eigenvalue weighted by Crippen LogP contribution is 2.24. The minimum atomic E-state index is -0.534. The summed E-state index contributed by atoms with van der Waals surface area (Å²) in [6.07, 6.45) is 0. The Labute approximate surface area is 122 Å². The Bertz CT molecular complexity index is 563. The summed E-state index contributed by atoms with van der Waals surface area (Å²) in [6, 6.07) is 10.8. The van der Waals surface area contributed by atoms with Crippen molar-refractivity contribution in [2.45, 2.75) is 25.9 Å². The molecule has 0 heterocycles. The first-order valence-corrected chi connectivity index (χ1v) is 6.82. The molecule has 4 heteroatoms. The fourth-order valence-corrected chi connectivity index (χ4v) is 2.36. The van der Waals surface area contributed by atoms with Crippen LogP contribution in [0.2, 0.25) is 5.02 Å². The fourth-order valence-electron chi connectivity index (χ4n) is 2.23. The lowest BCUT2D eigenvalue weighted by Crippen LogP contribution is -2.24.